The molecule has 8 nitrogen and oxygen atoms in total. The zero-order valence-corrected chi connectivity index (χ0v) is 19.5. The number of carbonyl (C=O) groups is 1. The Balaban J connectivity index is 1.11. The third-order valence-corrected chi connectivity index (χ3v) is 9.50. The first-order valence-corrected chi connectivity index (χ1v) is 12.5. The van der Waals surface area contributed by atoms with Crippen molar-refractivity contribution >= 4 is 17.3 Å². The highest BCUT2D eigenvalue weighted by molar-refractivity contribution is 5.76. The van der Waals surface area contributed by atoms with E-state index in [1.54, 1.807) is 12.1 Å². The number of piperazine rings is 1. The maximum Gasteiger partial charge on any atom is 0.311 e. The Morgan fingerprint density at radius 1 is 1.21 bits per heavy atom. The highest BCUT2D eigenvalue weighted by atomic mass is 16.8. The molecule has 3 saturated heterocycles. The molecule has 8 unspecified atom stereocenters. The Morgan fingerprint density at radius 2 is 1.94 bits per heavy atom. The predicted molar refractivity (Wildman–Crippen MR) is 121 cm³/mol. The van der Waals surface area contributed by atoms with Crippen molar-refractivity contribution in [1.82, 2.24) is 4.90 Å². The monoisotopic (exact) mass is 457 g/mol. The smallest absolute Gasteiger partial charge is 0.311 e. The van der Waals surface area contributed by atoms with Gasteiger partial charge in [0.2, 0.25) is 0 Å². The minimum atomic E-state index is -0.903. The Bertz CT molecular complexity index is 917. The molecular formula is C25H35N3O5. The summed E-state index contributed by atoms with van der Waals surface area (Å²) in [5.74, 6) is 0.610. The van der Waals surface area contributed by atoms with Gasteiger partial charge in [0.1, 0.15) is 11.7 Å². The van der Waals surface area contributed by atoms with E-state index in [4.69, 9.17) is 14.7 Å². The van der Waals surface area contributed by atoms with Crippen LogP contribution in [-0.2, 0) is 14.3 Å². The number of nitrogens with zero attached hydrogens (tertiary/aromatic N) is 2. The van der Waals surface area contributed by atoms with Gasteiger partial charge in [0, 0.05) is 61.9 Å². The van der Waals surface area contributed by atoms with Crippen LogP contribution in [0.15, 0.2) is 24.3 Å². The maximum absolute atomic E-state index is 13.0. The molecule has 0 radical (unpaired) electrons. The van der Waals surface area contributed by atoms with Gasteiger partial charge >= 0.3 is 5.97 Å². The molecule has 2 N–H and O–H groups in total. The third kappa shape index (κ3) is 3.26. The number of hydrogen-bond acceptors (Lipinski definition) is 7. The average molecular weight is 458 g/mol. The summed E-state index contributed by atoms with van der Waals surface area (Å²) in [6.45, 7) is 8.93. The zero-order valence-electron chi connectivity index (χ0n) is 19.5. The van der Waals surface area contributed by atoms with Crippen LogP contribution in [0.1, 0.15) is 39.5 Å². The molecule has 0 bridgehead atoms. The molecule has 3 heterocycles. The van der Waals surface area contributed by atoms with Gasteiger partial charge in [-0.3, -0.25) is 9.69 Å². The number of ether oxygens (including phenoxy) is 2. The second-order valence-corrected chi connectivity index (χ2v) is 11.2. The van der Waals surface area contributed by atoms with E-state index in [2.05, 4.69) is 23.6 Å². The summed E-state index contributed by atoms with van der Waals surface area (Å²) in [7, 11) is 0. The molecule has 2 saturated carbocycles. The molecule has 5 fully saturated rings. The molecule has 1 aromatic rings. The minimum Gasteiger partial charge on any atom is -0.595 e. The maximum atomic E-state index is 13.0. The third-order valence-electron chi connectivity index (χ3n) is 9.50. The van der Waals surface area contributed by atoms with Crippen molar-refractivity contribution < 1.29 is 24.7 Å². The fraction of sp³-hybridized carbons (Fsp3) is 0.720. The van der Waals surface area contributed by atoms with Crippen LogP contribution in [0.4, 0.5) is 11.4 Å². The number of benzene rings is 1. The summed E-state index contributed by atoms with van der Waals surface area (Å²) in [6, 6.07) is 7.08. The lowest BCUT2D eigenvalue weighted by Crippen LogP contribution is -2.99. The van der Waals surface area contributed by atoms with Crippen LogP contribution in [-0.4, -0.2) is 66.6 Å². The number of nitrogens with one attached hydrogen (secondary N) is 1. The molecular weight excluding hydrogens is 422 g/mol. The molecule has 0 amide bonds. The van der Waals surface area contributed by atoms with E-state index >= 15 is 0 Å². The Kier molecular flexibility index (Phi) is 5.05. The largest absolute Gasteiger partial charge is 0.595 e. The summed E-state index contributed by atoms with van der Waals surface area (Å²) in [5.41, 5.74) is 1.45. The van der Waals surface area contributed by atoms with Gasteiger partial charge in [0.05, 0.1) is 12.0 Å². The van der Waals surface area contributed by atoms with E-state index in [0.29, 0.717) is 11.6 Å². The Morgan fingerprint density at radius 3 is 2.64 bits per heavy atom. The van der Waals surface area contributed by atoms with Gasteiger partial charge < -0.3 is 19.6 Å². The number of epoxide rings is 1. The first kappa shape index (κ1) is 21.8. The van der Waals surface area contributed by atoms with Gasteiger partial charge in [0.25, 0.3) is 0 Å². The lowest BCUT2D eigenvalue weighted by molar-refractivity contribution is -0.991. The molecule has 1 spiro atoms. The van der Waals surface area contributed by atoms with Crippen LogP contribution in [0.2, 0.25) is 0 Å². The Hall–Kier alpha value is -1.71. The van der Waals surface area contributed by atoms with Crippen molar-refractivity contribution in [3.63, 3.8) is 0 Å². The number of fused-ring (bicyclic) bond motifs is 2. The summed E-state index contributed by atoms with van der Waals surface area (Å²) >= 11 is 0. The summed E-state index contributed by atoms with van der Waals surface area (Å²) in [6.07, 6.45) is 4.76. The number of rotatable bonds is 4. The van der Waals surface area contributed by atoms with Gasteiger partial charge in [-0.05, 0) is 37.3 Å². The highest BCUT2D eigenvalue weighted by Crippen LogP contribution is 2.70. The van der Waals surface area contributed by atoms with Gasteiger partial charge in [0.15, 0.2) is 5.69 Å². The van der Waals surface area contributed by atoms with Crippen LogP contribution < -0.4 is 10.1 Å². The summed E-state index contributed by atoms with van der Waals surface area (Å²) < 4.78 is 12.5. The fourth-order valence-corrected chi connectivity index (χ4v) is 7.72. The zero-order chi connectivity index (χ0) is 23.0. The van der Waals surface area contributed by atoms with E-state index < -0.39 is 5.23 Å². The first-order valence-electron chi connectivity index (χ1n) is 12.5. The lowest BCUT2D eigenvalue weighted by atomic mass is 9.53. The topological polar surface area (TPSA) is 93.0 Å². The molecule has 6 rings (SSSR count). The molecule has 33 heavy (non-hydrogen) atoms. The van der Waals surface area contributed by atoms with E-state index in [-0.39, 0.29) is 41.0 Å². The number of anilines is 1. The molecule has 8 heteroatoms. The van der Waals surface area contributed by atoms with E-state index in [0.717, 1.165) is 44.8 Å². The normalized spacial score (nSPS) is 43.3. The van der Waals surface area contributed by atoms with Crippen molar-refractivity contribution in [2.75, 3.05) is 37.6 Å². The number of quaternary nitrogens is 1. The molecule has 8 atom stereocenters. The van der Waals surface area contributed by atoms with Crippen LogP contribution in [0.3, 0.4) is 0 Å². The number of esters is 1. The second kappa shape index (κ2) is 7.65. The van der Waals surface area contributed by atoms with Crippen LogP contribution in [0.25, 0.3) is 0 Å². The predicted octanol–water partition coefficient (Wildman–Crippen LogP) is 1.74. The summed E-state index contributed by atoms with van der Waals surface area (Å²) in [5, 5.41) is 19.3. The number of hydrogen-bond donors (Lipinski definition) is 2. The molecule has 0 aromatic heterocycles. The van der Waals surface area contributed by atoms with Crippen molar-refractivity contribution in [1.29, 1.82) is 0 Å². The molecule has 180 valence electrons. The van der Waals surface area contributed by atoms with Crippen molar-refractivity contribution in [3.05, 3.63) is 29.5 Å². The number of carbonyl (C=O) groups excluding carboxylic acids is 1. The minimum absolute atomic E-state index is 0.00691. The highest BCUT2D eigenvalue weighted by Gasteiger charge is 2.78. The molecule has 2 aliphatic carbocycles. The van der Waals surface area contributed by atoms with Crippen molar-refractivity contribution in [2.24, 2.45) is 23.2 Å². The molecule has 3 aliphatic heterocycles. The van der Waals surface area contributed by atoms with Crippen LogP contribution in [0.5, 0.6) is 0 Å². The van der Waals surface area contributed by atoms with E-state index in [1.807, 2.05) is 12.1 Å². The van der Waals surface area contributed by atoms with Crippen molar-refractivity contribution in [3.8, 4) is 0 Å². The first-order chi connectivity index (χ1) is 15.8. The van der Waals surface area contributed by atoms with Gasteiger partial charge in [-0.15, -0.1) is 0 Å². The van der Waals surface area contributed by atoms with E-state index in [9.17, 15) is 10.0 Å². The quantitative estimate of drug-likeness (QED) is 0.404. The molecule has 1 aromatic carbocycles. The standard InChI is InChI=1S/C25H35N3O5/c1-16-4-3-9-24(2)14-20-21(22-25(16,24)33-22)19(23(29)32-20)15-26-10-12-27(13-11-26)17-5-7-18(8-6-17)28(30)31/h5-8,16,19-22,28,30H,3-4,9-15H2,1-2H3. The Labute approximate surface area is 195 Å². The van der Waals surface area contributed by atoms with Crippen LogP contribution in [0, 0.1) is 28.4 Å². The van der Waals surface area contributed by atoms with Crippen molar-refractivity contribution in [2.45, 2.75) is 57.3 Å². The average Bonchev–Trinajstić information content (AvgIpc) is 3.49. The van der Waals surface area contributed by atoms with Gasteiger partial charge in [-0.2, -0.15) is 5.23 Å². The summed E-state index contributed by atoms with van der Waals surface area (Å²) in [4.78, 5) is 17.7. The molecule has 5 aliphatic rings. The second-order valence-electron chi connectivity index (χ2n) is 11.2. The van der Waals surface area contributed by atoms with Gasteiger partial charge in [-0.25, -0.2) is 5.21 Å². The van der Waals surface area contributed by atoms with Crippen LogP contribution >= 0.6 is 0 Å². The lowest BCUT2D eigenvalue weighted by Gasteiger charge is -2.49. The van der Waals surface area contributed by atoms with E-state index in [1.165, 1.54) is 19.3 Å². The van der Waals surface area contributed by atoms with Gasteiger partial charge in [-0.1, -0.05) is 20.3 Å². The SMILES string of the molecule is CC1CCCC2(C)CC3OC(=O)C(CN4CCN(c5ccc([NH+]([O-])O)cc5)CC4)C3C3OC132. The fourth-order valence-electron chi connectivity index (χ4n) is 7.72.